The molecule has 1 aliphatic rings. The van der Waals surface area contributed by atoms with E-state index in [0.29, 0.717) is 25.4 Å². The fraction of sp³-hybridized carbons (Fsp3) is 0.862. The molecule has 1 fully saturated rings. The number of nitrogens with one attached hydrogen (secondary N) is 1. The molecule has 1 rings (SSSR count). The zero-order valence-corrected chi connectivity index (χ0v) is 26.1. The maximum absolute atomic E-state index is 13.0. The lowest BCUT2D eigenvalue weighted by Crippen LogP contribution is -2.51. The number of aliphatic hydroxyl groups is 1. The van der Waals surface area contributed by atoms with Crippen LogP contribution in [0.25, 0.3) is 0 Å². The Morgan fingerprint density at radius 3 is 2.26 bits per heavy atom. The van der Waals surface area contributed by atoms with E-state index in [4.69, 9.17) is 0 Å². The molecule has 2 amide bonds. The molecule has 0 aliphatic carbocycles. The molecular formula is C29H53N3O5S. The molecule has 2 N–H and O–H groups in total. The number of hydrogen-bond acceptors (Lipinski definition) is 7. The van der Waals surface area contributed by atoms with Crippen molar-refractivity contribution in [1.82, 2.24) is 15.1 Å². The van der Waals surface area contributed by atoms with Crippen LogP contribution in [0.3, 0.4) is 0 Å². The zero-order valence-electron chi connectivity index (χ0n) is 25.3. The molecule has 3 unspecified atom stereocenters. The van der Waals surface area contributed by atoms with Crippen LogP contribution in [0.5, 0.6) is 0 Å². The first kappa shape index (κ1) is 34.6. The SMILES string of the molecule is CC(C)CCNC(=O)C(CC(=O)C(C)(C)C)N(C)C(O)CCCCCSC1(C=O)CC(=O)N(C(C)(C)C)C1. The van der Waals surface area contributed by atoms with Crippen molar-refractivity contribution in [3.63, 3.8) is 0 Å². The number of likely N-dealkylation sites (tertiary alicyclic amines) is 1. The zero-order chi connectivity index (χ0) is 29.3. The second kappa shape index (κ2) is 14.8. The van der Waals surface area contributed by atoms with E-state index in [1.807, 2.05) is 41.5 Å². The standard InChI is InChI=1S/C29H53N3O5S/c1-21(2)14-15-30-26(37)22(17-23(34)27(3,4)5)31(9)24(35)13-11-10-12-16-38-29(20-33)18-25(36)32(19-29)28(6,7)8/h20-22,24,35H,10-19H2,1-9H3,(H,30,37). The smallest absolute Gasteiger partial charge is 0.237 e. The van der Waals surface area contributed by atoms with Gasteiger partial charge in [-0.15, -0.1) is 11.8 Å². The summed E-state index contributed by atoms with van der Waals surface area (Å²) < 4.78 is -0.681. The van der Waals surface area contributed by atoms with Crippen LogP contribution >= 0.6 is 11.8 Å². The number of likely N-dealkylation sites (N-methyl/N-ethyl adjacent to an activating group) is 1. The highest BCUT2D eigenvalue weighted by Crippen LogP contribution is 2.38. The minimum absolute atomic E-state index is 0.0166. The summed E-state index contributed by atoms with van der Waals surface area (Å²) in [7, 11) is 1.70. The van der Waals surface area contributed by atoms with Gasteiger partial charge in [-0.1, -0.05) is 41.0 Å². The molecule has 0 saturated carbocycles. The molecule has 9 heteroatoms. The number of carbonyl (C=O) groups excluding carboxylic acids is 4. The average molecular weight is 556 g/mol. The van der Waals surface area contributed by atoms with Crippen molar-refractivity contribution in [3.8, 4) is 0 Å². The molecule has 1 heterocycles. The van der Waals surface area contributed by atoms with Gasteiger partial charge in [-0.25, -0.2) is 0 Å². The van der Waals surface area contributed by atoms with E-state index in [2.05, 4.69) is 19.2 Å². The van der Waals surface area contributed by atoms with Gasteiger partial charge in [-0.2, -0.15) is 0 Å². The summed E-state index contributed by atoms with van der Waals surface area (Å²) in [5.41, 5.74) is -0.863. The van der Waals surface area contributed by atoms with Gasteiger partial charge in [0, 0.05) is 36.9 Å². The predicted octanol–water partition coefficient (Wildman–Crippen LogP) is 4.03. The second-order valence-electron chi connectivity index (χ2n) is 13.2. The van der Waals surface area contributed by atoms with Crippen molar-refractivity contribution < 1.29 is 24.3 Å². The maximum atomic E-state index is 13.0. The molecule has 0 spiro atoms. The number of unbranched alkanes of at least 4 members (excludes halogenated alkanes) is 2. The van der Waals surface area contributed by atoms with Crippen LogP contribution in [0.1, 0.15) is 100 Å². The first-order chi connectivity index (χ1) is 17.4. The minimum Gasteiger partial charge on any atom is -0.378 e. The fourth-order valence-corrected chi connectivity index (χ4v) is 5.65. The fourth-order valence-electron chi connectivity index (χ4n) is 4.38. The van der Waals surface area contributed by atoms with Gasteiger partial charge in [-0.05, 0) is 65.2 Å². The van der Waals surface area contributed by atoms with E-state index in [9.17, 15) is 24.3 Å². The van der Waals surface area contributed by atoms with E-state index in [1.165, 1.54) is 0 Å². The number of ketones is 1. The summed E-state index contributed by atoms with van der Waals surface area (Å²) in [4.78, 5) is 53.5. The summed E-state index contributed by atoms with van der Waals surface area (Å²) in [5.74, 6) is 1.000. The van der Waals surface area contributed by atoms with E-state index >= 15 is 0 Å². The highest BCUT2D eigenvalue weighted by molar-refractivity contribution is 8.01. The topological polar surface area (TPSA) is 107 Å². The first-order valence-corrected chi connectivity index (χ1v) is 15.0. The van der Waals surface area contributed by atoms with Crippen molar-refractivity contribution in [2.24, 2.45) is 11.3 Å². The third-order valence-corrected chi connectivity index (χ3v) is 8.64. The Labute approximate surface area is 235 Å². The third-order valence-electron chi connectivity index (χ3n) is 7.20. The van der Waals surface area contributed by atoms with E-state index < -0.39 is 22.4 Å². The molecule has 0 aromatic heterocycles. The van der Waals surface area contributed by atoms with Gasteiger partial charge in [-0.3, -0.25) is 19.3 Å². The van der Waals surface area contributed by atoms with Gasteiger partial charge in [0.25, 0.3) is 0 Å². The number of hydrogen-bond donors (Lipinski definition) is 2. The Morgan fingerprint density at radius 2 is 1.76 bits per heavy atom. The van der Waals surface area contributed by atoms with Gasteiger partial charge in [0.05, 0.1) is 10.8 Å². The number of aldehydes is 1. The van der Waals surface area contributed by atoms with Crippen LogP contribution < -0.4 is 5.32 Å². The molecule has 8 nitrogen and oxygen atoms in total. The van der Waals surface area contributed by atoms with Gasteiger partial charge in [0.2, 0.25) is 11.8 Å². The molecular weight excluding hydrogens is 502 g/mol. The number of rotatable bonds is 16. The lowest BCUT2D eigenvalue weighted by atomic mass is 9.86. The van der Waals surface area contributed by atoms with Crippen LogP contribution in [0.2, 0.25) is 0 Å². The summed E-state index contributed by atoms with van der Waals surface area (Å²) in [6.07, 6.45) is 4.20. The Hall–Kier alpha value is -1.45. The molecule has 1 aliphatic heterocycles. The molecule has 38 heavy (non-hydrogen) atoms. The predicted molar refractivity (Wildman–Crippen MR) is 155 cm³/mol. The molecule has 0 aromatic carbocycles. The van der Waals surface area contributed by atoms with Gasteiger partial charge in [0.15, 0.2) is 0 Å². The number of carbonyl (C=O) groups is 4. The molecule has 0 radical (unpaired) electrons. The number of thioether (sulfide) groups is 1. The van der Waals surface area contributed by atoms with Gasteiger partial charge < -0.3 is 20.1 Å². The Morgan fingerprint density at radius 1 is 1.13 bits per heavy atom. The van der Waals surface area contributed by atoms with Crippen LogP contribution in [-0.2, 0) is 19.2 Å². The monoisotopic (exact) mass is 555 g/mol. The number of nitrogens with zero attached hydrogens (tertiary/aromatic N) is 2. The maximum Gasteiger partial charge on any atom is 0.237 e. The number of amides is 2. The van der Waals surface area contributed by atoms with Crippen molar-refractivity contribution >= 4 is 35.6 Å². The van der Waals surface area contributed by atoms with Crippen LogP contribution in [0.4, 0.5) is 0 Å². The normalized spacial score (nSPS) is 20.2. The van der Waals surface area contributed by atoms with Crippen molar-refractivity contribution in [2.75, 3.05) is 25.9 Å². The first-order valence-electron chi connectivity index (χ1n) is 14.1. The molecule has 3 atom stereocenters. The largest absolute Gasteiger partial charge is 0.378 e. The van der Waals surface area contributed by atoms with Crippen molar-refractivity contribution in [2.45, 2.75) is 123 Å². The highest BCUT2D eigenvalue weighted by Gasteiger charge is 2.46. The van der Waals surface area contributed by atoms with E-state index in [-0.39, 0.29) is 36.0 Å². The second-order valence-corrected chi connectivity index (χ2v) is 14.7. The number of Topliss-reactive ketones (excluding diaryl/α,β-unsaturated/α-hetero) is 1. The third kappa shape index (κ3) is 11.0. The quantitative estimate of drug-likeness (QED) is 0.168. The van der Waals surface area contributed by atoms with Crippen molar-refractivity contribution in [3.05, 3.63) is 0 Å². The lowest BCUT2D eigenvalue weighted by molar-refractivity contribution is -0.137. The number of aliphatic hydroxyl groups excluding tert-OH is 1. The molecule has 0 bridgehead atoms. The minimum atomic E-state index is -0.842. The van der Waals surface area contributed by atoms with Crippen molar-refractivity contribution in [1.29, 1.82) is 0 Å². The summed E-state index contributed by atoms with van der Waals surface area (Å²) >= 11 is 1.55. The van der Waals surface area contributed by atoms with Gasteiger partial charge >= 0.3 is 0 Å². The lowest BCUT2D eigenvalue weighted by Gasteiger charge is -2.33. The summed E-state index contributed by atoms with van der Waals surface area (Å²) in [5, 5.41) is 13.8. The molecule has 0 aromatic rings. The Bertz CT molecular complexity index is 805. The van der Waals surface area contributed by atoms with Gasteiger partial charge in [0.1, 0.15) is 18.3 Å². The summed E-state index contributed by atoms with van der Waals surface area (Å²) in [6, 6.07) is -0.724. The Kier molecular flexibility index (Phi) is 13.5. The summed E-state index contributed by atoms with van der Waals surface area (Å²) in [6.45, 7) is 16.6. The molecule has 220 valence electrons. The average Bonchev–Trinajstić information content (AvgIpc) is 3.15. The van der Waals surface area contributed by atoms with Crippen LogP contribution in [-0.4, -0.2) is 87.2 Å². The molecule has 1 saturated heterocycles. The van der Waals surface area contributed by atoms with E-state index in [0.717, 1.165) is 37.7 Å². The van der Waals surface area contributed by atoms with E-state index in [1.54, 1.807) is 28.6 Å². The highest BCUT2D eigenvalue weighted by atomic mass is 32.2. The van der Waals surface area contributed by atoms with Crippen LogP contribution in [0.15, 0.2) is 0 Å². The van der Waals surface area contributed by atoms with Crippen LogP contribution in [0, 0.1) is 11.3 Å². The Balaban J connectivity index is 2.59.